The zero-order valence-corrected chi connectivity index (χ0v) is 15.9. The zero-order valence-electron chi connectivity index (χ0n) is 14.3. The van der Waals surface area contributed by atoms with Crippen LogP contribution in [0.4, 0.5) is 0 Å². The quantitative estimate of drug-likeness (QED) is 0.690. The van der Waals surface area contributed by atoms with Gasteiger partial charge in [0.25, 0.3) is 0 Å². The highest BCUT2D eigenvalue weighted by Gasteiger charge is 2.07. The fourth-order valence-electron chi connectivity index (χ4n) is 2.17. The van der Waals surface area contributed by atoms with Gasteiger partial charge in [0, 0.05) is 17.6 Å². The smallest absolute Gasteiger partial charge is 0.161 e. The first-order valence-electron chi connectivity index (χ1n) is 7.90. The zero-order chi connectivity index (χ0) is 16.7. The van der Waals surface area contributed by atoms with Crippen LogP contribution >= 0.6 is 24.0 Å². The number of halogens is 2. The van der Waals surface area contributed by atoms with Crippen LogP contribution < -0.4 is 14.8 Å². The summed E-state index contributed by atoms with van der Waals surface area (Å²) in [7, 11) is 1.66. The second kappa shape index (κ2) is 10.4. The van der Waals surface area contributed by atoms with E-state index in [9.17, 15) is 0 Å². The largest absolute Gasteiger partial charge is 0.493 e. The van der Waals surface area contributed by atoms with Crippen LogP contribution in [0, 0.1) is 0 Å². The lowest BCUT2D eigenvalue weighted by atomic mass is 10.1. The van der Waals surface area contributed by atoms with E-state index in [-0.39, 0.29) is 12.4 Å². The molecule has 0 fully saturated rings. The van der Waals surface area contributed by atoms with Crippen LogP contribution in [0.5, 0.6) is 11.5 Å². The molecule has 2 aromatic carbocycles. The minimum atomic E-state index is 0. The molecule has 1 atom stereocenters. The molecule has 0 aliphatic heterocycles. The van der Waals surface area contributed by atoms with E-state index in [0.717, 1.165) is 30.0 Å². The molecule has 0 saturated carbocycles. The van der Waals surface area contributed by atoms with Gasteiger partial charge < -0.3 is 14.8 Å². The van der Waals surface area contributed by atoms with Gasteiger partial charge in [-0.2, -0.15) is 0 Å². The Labute approximate surface area is 155 Å². The maximum Gasteiger partial charge on any atom is 0.161 e. The van der Waals surface area contributed by atoms with Gasteiger partial charge in [-0.05, 0) is 48.7 Å². The molecule has 0 spiro atoms. The van der Waals surface area contributed by atoms with Gasteiger partial charge in [0.05, 0.1) is 7.11 Å². The van der Waals surface area contributed by atoms with Crippen molar-refractivity contribution in [2.24, 2.45) is 0 Å². The second-order valence-electron chi connectivity index (χ2n) is 5.59. The molecule has 1 N–H and O–H groups in total. The van der Waals surface area contributed by atoms with Crippen molar-refractivity contribution in [3.8, 4) is 11.5 Å². The second-order valence-corrected chi connectivity index (χ2v) is 6.03. The Balaban J connectivity index is 0.00000288. The minimum absolute atomic E-state index is 0. The fourth-order valence-corrected chi connectivity index (χ4v) is 2.38. The summed E-state index contributed by atoms with van der Waals surface area (Å²) in [6.07, 6.45) is 1.11. The summed E-state index contributed by atoms with van der Waals surface area (Å²) in [6, 6.07) is 14.2. The van der Waals surface area contributed by atoms with Crippen LogP contribution in [-0.4, -0.2) is 13.2 Å². The topological polar surface area (TPSA) is 30.5 Å². The molecule has 0 aliphatic rings. The average Bonchev–Trinajstić information content (AvgIpc) is 2.58. The van der Waals surface area contributed by atoms with Crippen molar-refractivity contribution in [3.05, 3.63) is 58.6 Å². The molecule has 132 valence electrons. The number of hydrogen-bond donors (Lipinski definition) is 1. The minimum Gasteiger partial charge on any atom is -0.493 e. The van der Waals surface area contributed by atoms with E-state index in [1.807, 2.05) is 36.4 Å². The van der Waals surface area contributed by atoms with E-state index in [2.05, 4.69) is 25.2 Å². The first-order valence-corrected chi connectivity index (χ1v) is 8.27. The predicted molar refractivity (Wildman–Crippen MR) is 103 cm³/mol. The van der Waals surface area contributed by atoms with Gasteiger partial charge in [0.1, 0.15) is 6.61 Å². The van der Waals surface area contributed by atoms with Crippen LogP contribution in [0.15, 0.2) is 42.5 Å². The van der Waals surface area contributed by atoms with Gasteiger partial charge in [-0.15, -0.1) is 12.4 Å². The van der Waals surface area contributed by atoms with Crippen molar-refractivity contribution >= 4 is 24.0 Å². The van der Waals surface area contributed by atoms with Gasteiger partial charge in [-0.25, -0.2) is 0 Å². The third-order valence-electron chi connectivity index (χ3n) is 3.78. The van der Waals surface area contributed by atoms with Gasteiger partial charge in [0.15, 0.2) is 11.5 Å². The Kier molecular flexibility index (Phi) is 8.98. The fraction of sp³-hybridized carbons (Fsp3) is 0.368. The Morgan fingerprint density at radius 3 is 2.54 bits per heavy atom. The summed E-state index contributed by atoms with van der Waals surface area (Å²) in [5, 5.41) is 4.18. The molecule has 0 aromatic heterocycles. The van der Waals surface area contributed by atoms with Crippen molar-refractivity contribution in [1.29, 1.82) is 0 Å². The van der Waals surface area contributed by atoms with Crippen LogP contribution in [0.3, 0.4) is 0 Å². The SMILES string of the molecule is CCC(C)NCc1ccc(OCc2cccc(Cl)c2)c(OC)c1.Cl. The first kappa shape index (κ1) is 20.6. The highest BCUT2D eigenvalue weighted by Crippen LogP contribution is 2.29. The van der Waals surface area contributed by atoms with Crippen LogP contribution in [-0.2, 0) is 13.2 Å². The van der Waals surface area contributed by atoms with Gasteiger partial charge in [0.2, 0.25) is 0 Å². The molecule has 0 saturated heterocycles. The number of ether oxygens (including phenoxy) is 2. The number of benzene rings is 2. The Morgan fingerprint density at radius 1 is 1.08 bits per heavy atom. The van der Waals surface area contributed by atoms with Crippen molar-refractivity contribution in [3.63, 3.8) is 0 Å². The van der Waals surface area contributed by atoms with E-state index in [4.69, 9.17) is 21.1 Å². The maximum absolute atomic E-state index is 5.99. The molecule has 0 aliphatic carbocycles. The summed E-state index contributed by atoms with van der Waals surface area (Å²) >= 11 is 5.99. The molecule has 0 radical (unpaired) electrons. The van der Waals surface area contributed by atoms with E-state index in [0.29, 0.717) is 17.7 Å². The standard InChI is InChI=1S/C19H24ClNO2.ClH/c1-4-14(2)21-12-15-8-9-18(19(11-15)22-3)23-13-16-6-5-7-17(20)10-16;/h5-11,14,21H,4,12-13H2,1-3H3;1H. The molecule has 0 bridgehead atoms. The average molecular weight is 370 g/mol. The van der Waals surface area contributed by atoms with E-state index in [1.165, 1.54) is 5.56 Å². The molecule has 0 heterocycles. The molecule has 24 heavy (non-hydrogen) atoms. The Hall–Kier alpha value is -1.42. The first-order chi connectivity index (χ1) is 11.1. The highest BCUT2D eigenvalue weighted by atomic mass is 35.5. The number of hydrogen-bond acceptors (Lipinski definition) is 3. The lowest BCUT2D eigenvalue weighted by Crippen LogP contribution is -2.24. The van der Waals surface area contributed by atoms with E-state index < -0.39 is 0 Å². The lowest BCUT2D eigenvalue weighted by Gasteiger charge is -2.14. The molecular weight excluding hydrogens is 345 g/mol. The lowest BCUT2D eigenvalue weighted by molar-refractivity contribution is 0.284. The summed E-state index contributed by atoms with van der Waals surface area (Å²) in [5.74, 6) is 1.48. The maximum atomic E-state index is 5.99. The monoisotopic (exact) mass is 369 g/mol. The summed E-state index contributed by atoms with van der Waals surface area (Å²) in [6.45, 7) is 5.63. The molecule has 5 heteroatoms. The number of rotatable bonds is 8. The summed E-state index contributed by atoms with van der Waals surface area (Å²) < 4.78 is 11.3. The number of methoxy groups -OCH3 is 1. The third kappa shape index (κ3) is 6.23. The normalized spacial score (nSPS) is 11.5. The van der Waals surface area contributed by atoms with Gasteiger partial charge >= 0.3 is 0 Å². The van der Waals surface area contributed by atoms with Crippen molar-refractivity contribution in [2.45, 2.75) is 39.5 Å². The van der Waals surface area contributed by atoms with Crippen LogP contribution in [0.1, 0.15) is 31.4 Å². The molecule has 3 nitrogen and oxygen atoms in total. The van der Waals surface area contributed by atoms with Gasteiger partial charge in [-0.3, -0.25) is 0 Å². The molecular formula is C19H25Cl2NO2. The third-order valence-corrected chi connectivity index (χ3v) is 4.01. The summed E-state index contributed by atoms with van der Waals surface area (Å²) in [4.78, 5) is 0. The van der Waals surface area contributed by atoms with Crippen molar-refractivity contribution in [2.75, 3.05) is 7.11 Å². The molecule has 1 unspecified atom stereocenters. The van der Waals surface area contributed by atoms with Gasteiger partial charge in [-0.1, -0.05) is 36.7 Å². The molecule has 0 amide bonds. The highest BCUT2D eigenvalue weighted by molar-refractivity contribution is 6.30. The Morgan fingerprint density at radius 2 is 1.88 bits per heavy atom. The van der Waals surface area contributed by atoms with Crippen LogP contribution in [0.25, 0.3) is 0 Å². The Bertz CT molecular complexity index is 635. The summed E-state index contributed by atoms with van der Waals surface area (Å²) in [5.41, 5.74) is 2.21. The molecule has 2 aromatic rings. The predicted octanol–water partition coefficient (Wildman–Crippen LogP) is 5.24. The van der Waals surface area contributed by atoms with Crippen molar-refractivity contribution < 1.29 is 9.47 Å². The molecule has 2 rings (SSSR count). The van der Waals surface area contributed by atoms with Crippen molar-refractivity contribution in [1.82, 2.24) is 5.32 Å². The van der Waals surface area contributed by atoms with E-state index in [1.54, 1.807) is 7.11 Å². The van der Waals surface area contributed by atoms with Crippen LogP contribution in [0.2, 0.25) is 5.02 Å². The number of nitrogens with one attached hydrogen (secondary N) is 1. The van der Waals surface area contributed by atoms with E-state index >= 15 is 0 Å².